The van der Waals surface area contributed by atoms with Crippen LogP contribution in [0, 0.1) is 0 Å². The number of hydrogen-bond acceptors (Lipinski definition) is 4. The van der Waals surface area contributed by atoms with E-state index in [1.807, 2.05) is 52.0 Å². The molecule has 1 aromatic rings. The fourth-order valence-electron chi connectivity index (χ4n) is 2.10. The summed E-state index contributed by atoms with van der Waals surface area (Å²) in [5, 5.41) is 10.1. The standard InChI is InChI=1S/C15H24BNO3.ClH/c1-13(2)14(3,4)20-16(19-13)12-8-6-11(7-9-12)15(5,18)10-17;/h6-9,18H,10,17H2,1-5H3;1H. The van der Waals surface area contributed by atoms with E-state index in [0.717, 1.165) is 11.0 Å². The zero-order chi connectivity index (χ0) is 15.2. The van der Waals surface area contributed by atoms with Gasteiger partial charge in [0.15, 0.2) is 0 Å². The van der Waals surface area contributed by atoms with Crippen molar-refractivity contribution in [1.29, 1.82) is 0 Å². The van der Waals surface area contributed by atoms with E-state index in [4.69, 9.17) is 15.0 Å². The maximum Gasteiger partial charge on any atom is 0.494 e. The van der Waals surface area contributed by atoms with Crippen molar-refractivity contribution in [2.45, 2.75) is 51.4 Å². The molecule has 1 aromatic carbocycles. The molecular weight excluding hydrogens is 288 g/mol. The lowest BCUT2D eigenvalue weighted by molar-refractivity contribution is 0.00578. The minimum absolute atomic E-state index is 0. The summed E-state index contributed by atoms with van der Waals surface area (Å²) in [6.45, 7) is 10.0. The van der Waals surface area contributed by atoms with Crippen LogP contribution in [0.1, 0.15) is 40.2 Å². The van der Waals surface area contributed by atoms with Crippen LogP contribution >= 0.6 is 12.4 Å². The number of aliphatic hydroxyl groups is 1. The van der Waals surface area contributed by atoms with E-state index in [1.165, 1.54) is 0 Å². The monoisotopic (exact) mass is 313 g/mol. The molecule has 1 fully saturated rings. The third-order valence-corrected chi connectivity index (χ3v) is 4.46. The van der Waals surface area contributed by atoms with E-state index in [1.54, 1.807) is 6.92 Å². The fraction of sp³-hybridized carbons (Fsp3) is 0.600. The third kappa shape index (κ3) is 3.43. The number of rotatable bonds is 3. The number of hydrogen-bond donors (Lipinski definition) is 2. The van der Waals surface area contributed by atoms with Gasteiger partial charge in [-0.25, -0.2) is 0 Å². The first-order valence-electron chi connectivity index (χ1n) is 6.98. The van der Waals surface area contributed by atoms with Crippen molar-refractivity contribution in [2.24, 2.45) is 5.73 Å². The largest absolute Gasteiger partial charge is 0.494 e. The van der Waals surface area contributed by atoms with E-state index in [-0.39, 0.29) is 37.3 Å². The van der Waals surface area contributed by atoms with Crippen LogP contribution in [0.3, 0.4) is 0 Å². The summed E-state index contributed by atoms with van der Waals surface area (Å²) in [5.41, 5.74) is 5.61. The molecule has 0 bridgehead atoms. The molecule has 2 rings (SSSR count). The lowest BCUT2D eigenvalue weighted by Crippen LogP contribution is -2.41. The molecule has 1 aliphatic heterocycles. The molecule has 1 heterocycles. The van der Waals surface area contributed by atoms with Crippen LogP contribution in [0.4, 0.5) is 0 Å². The van der Waals surface area contributed by atoms with Crippen molar-refractivity contribution in [3.05, 3.63) is 29.8 Å². The average molecular weight is 314 g/mol. The smallest absolute Gasteiger partial charge is 0.399 e. The molecule has 0 amide bonds. The van der Waals surface area contributed by atoms with E-state index >= 15 is 0 Å². The van der Waals surface area contributed by atoms with Gasteiger partial charge in [0.25, 0.3) is 0 Å². The normalized spacial score (nSPS) is 22.5. The molecular formula is C15H25BClNO3. The van der Waals surface area contributed by atoms with Gasteiger partial charge in [-0.3, -0.25) is 0 Å². The first kappa shape index (κ1) is 18.5. The lowest BCUT2D eigenvalue weighted by atomic mass is 9.78. The lowest BCUT2D eigenvalue weighted by Gasteiger charge is -2.32. The molecule has 0 aromatic heterocycles. The van der Waals surface area contributed by atoms with Gasteiger partial charge in [0, 0.05) is 6.54 Å². The van der Waals surface area contributed by atoms with Gasteiger partial charge >= 0.3 is 7.12 Å². The van der Waals surface area contributed by atoms with Gasteiger partial charge in [0.2, 0.25) is 0 Å². The van der Waals surface area contributed by atoms with Crippen LogP contribution in [-0.4, -0.2) is 30.0 Å². The minimum atomic E-state index is -1.01. The molecule has 1 unspecified atom stereocenters. The quantitative estimate of drug-likeness (QED) is 0.832. The average Bonchev–Trinajstić information content (AvgIpc) is 2.59. The molecule has 0 saturated carbocycles. The highest BCUT2D eigenvalue weighted by atomic mass is 35.5. The zero-order valence-corrected chi connectivity index (χ0v) is 14.2. The van der Waals surface area contributed by atoms with Crippen LogP contribution in [-0.2, 0) is 14.9 Å². The van der Waals surface area contributed by atoms with Crippen molar-refractivity contribution in [2.75, 3.05) is 6.54 Å². The SMILES string of the molecule is CC(O)(CN)c1ccc(B2OC(C)(C)C(C)(C)O2)cc1.Cl. The molecule has 0 radical (unpaired) electrons. The molecule has 6 heteroatoms. The maximum absolute atomic E-state index is 10.1. The molecule has 1 saturated heterocycles. The van der Waals surface area contributed by atoms with Crippen LogP contribution in [0.15, 0.2) is 24.3 Å². The molecule has 118 valence electrons. The van der Waals surface area contributed by atoms with Crippen molar-refractivity contribution < 1.29 is 14.4 Å². The number of halogens is 1. The summed E-state index contributed by atoms with van der Waals surface area (Å²) in [5.74, 6) is 0. The Morgan fingerprint density at radius 2 is 1.52 bits per heavy atom. The summed E-state index contributed by atoms with van der Waals surface area (Å²) in [4.78, 5) is 0. The molecule has 4 nitrogen and oxygen atoms in total. The third-order valence-electron chi connectivity index (χ3n) is 4.46. The molecule has 3 N–H and O–H groups in total. The van der Waals surface area contributed by atoms with E-state index in [0.29, 0.717) is 0 Å². The number of benzene rings is 1. The van der Waals surface area contributed by atoms with E-state index < -0.39 is 5.60 Å². The summed E-state index contributed by atoms with van der Waals surface area (Å²) in [6.07, 6.45) is 0. The maximum atomic E-state index is 10.1. The molecule has 21 heavy (non-hydrogen) atoms. The molecule has 0 aliphatic carbocycles. The highest BCUT2D eigenvalue weighted by molar-refractivity contribution is 6.62. The van der Waals surface area contributed by atoms with Gasteiger partial charge in [-0.1, -0.05) is 24.3 Å². The van der Waals surface area contributed by atoms with Crippen LogP contribution in [0.2, 0.25) is 0 Å². The topological polar surface area (TPSA) is 64.7 Å². The van der Waals surface area contributed by atoms with Crippen molar-refractivity contribution in [1.82, 2.24) is 0 Å². The van der Waals surface area contributed by atoms with Crippen molar-refractivity contribution in [3.8, 4) is 0 Å². The van der Waals surface area contributed by atoms with Crippen LogP contribution in [0.5, 0.6) is 0 Å². The van der Waals surface area contributed by atoms with Crippen LogP contribution in [0.25, 0.3) is 0 Å². The summed E-state index contributed by atoms with van der Waals surface area (Å²) in [7, 11) is -0.378. The second-order valence-electron chi connectivity index (χ2n) is 6.69. The molecule has 0 spiro atoms. The van der Waals surface area contributed by atoms with Gasteiger partial charge < -0.3 is 20.1 Å². The van der Waals surface area contributed by atoms with Gasteiger partial charge in [-0.2, -0.15) is 0 Å². The summed E-state index contributed by atoms with van der Waals surface area (Å²) < 4.78 is 12.0. The zero-order valence-electron chi connectivity index (χ0n) is 13.3. The Morgan fingerprint density at radius 1 is 1.10 bits per heavy atom. The molecule has 1 aliphatic rings. The second-order valence-corrected chi connectivity index (χ2v) is 6.69. The minimum Gasteiger partial charge on any atom is -0.399 e. The Labute approximate surface area is 133 Å². The first-order valence-corrected chi connectivity index (χ1v) is 6.98. The second kappa shape index (κ2) is 5.90. The van der Waals surface area contributed by atoms with Gasteiger partial charge in [0.1, 0.15) is 0 Å². The number of nitrogens with two attached hydrogens (primary N) is 1. The predicted molar refractivity (Wildman–Crippen MR) is 88.0 cm³/mol. The highest BCUT2D eigenvalue weighted by Gasteiger charge is 2.51. The summed E-state index contributed by atoms with van der Waals surface area (Å²) in [6, 6.07) is 7.57. The Kier molecular flexibility index (Phi) is 5.18. The van der Waals surface area contributed by atoms with Crippen LogP contribution < -0.4 is 11.2 Å². The van der Waals surface area contributed by atoms with Gasteiger partial charge in [-0.15, -0.1) is 12.4 Å². The Morgan fingerprint density at radius 3 is 1.90 bits per heavy atom. The van der Waals surface area contributed by atoms with Gasteiger partial charge in [-0.05, 0) is 45.6 Å². The van der Waals surface area contributed by atoms with E-state index in [9.17, 15) is 5.11 Å². The summed E-state index contributed by atoms with van der Waals surface area (Å²) >= 11 is 0. The Balaban J connectivity index is 0.00000220. The van der Waals surface area contributed by atoms with E-state index in [2.05, 4.69) is 0 Å². The fourth-order valence-corrected chi connectivity index (χ4v) is 2.10. The highest BCUT2D eigenvalue weighted by Crippen LogP contribution is 2.36. The van der Waals surface area contributed by atoms with Crippen molar-refractivity contribution in [3.63, 3.8) is 0 Å². The molecule has 1 atom stereocenters. The van der Waals surface area contributed by atoms with Gasteiger partial charge in [0.05, 0.1) is 16.8 Å². The first-order chi connectivity index (χ1) is 9.09. The van der Waals surface area contributed by atoms with Crippen molar-refractivity contribution >= 4 is 25.0 Å². The Hall–Kier alpha value is -0.585. The Bertz CT molecular complexity index is 472. The predicted octanol–water partition coefficient (Wildman–Crippen LogP) is 1.57.